The van der Waals surface area contributed by atoms with Crippen LogP contribution in [-0.4, -0.2) is 66.1 Å². The number of halogens is 1. The molecular formula is C27H36FN5O4. The highest BCUT2D eigenvalue weighted by Crippen LogP contribution is 2.26. The number of likely N-dealkylation sites (tertiary alicyclic amines) is 1. The number of anilines is 1. The molecule has 4 rings (SSSR count). The first-order valence-corrected chi connectivity index (χ1v) is 13.1. The number of nitrogens with zero attached hydrogens (tertiary/aromatic N) is 4. The fourth-order valence-electron chi connectivity index (χ4n) is 4.92. The van der Waals surface area contributed by atoms with Gasteiger partial charge in [0.1, 0.15) is 11.6 Å². The zero-order valence-corrected chi connectivity index (χ0v) is 21.4. The van der Waals surface area contributed by atoms with E-state index in [0.717, 1.165) is 44.7 Å². The molecule has 37 heavy (non-hydrogen) atoms. The maximum Gasteiger partial charge on any atom is 0.227 e. The minimum absolute atomic E-state index is 0.00416. The summed E-state index contributed by atoms with van der Waals surface area (Å²) in [5.74, 6) is 1.69. The Morgan fingerprint density at radius 1 is 1.08 bits per heavy atom. The van der Waals surface area contributed by atoms with Crippen LogP contribution in [0.5, 0.6) is 11.5 Å². The first-order valence-electron chi connectivity index (χ1n) is 13.1. The average molecular weight is 514 g/mol. The quantitative estimate of drug-likeness (QED) is 0.435. The van der Waals surface area contributed by atoms with Gasteiger partial charge in [-0.2, -0.15) is 0 Å². The van der Waals surface area contributed by atoms with E-state index < -0.39 is 5.82 Å². The van der Waals surface area contributed by atoms with E-state index in [4.69, 9.17) is 15.2 Å². The Hall–Kier alpha value is -3.43. The Labute approximate surface area is 217 Å². The molecule has 2 saturated heterocycles. The third-order valence-corrected chi connectivity index (χ3v) is 7.01. The number of primary amides is 1. The minimum atomic E-state index is -0.441. The maximum atomic E-state index is 14.5. The van der Waals surface area contributed by atoms with Gasteiger partial charge in [-0.25, -0.2) is 14.4 Å². The lowest BCUT2D eigenvalue weighted by Crippen LogP contribution is -2.51. The van der Waals surface area contributed by atoms with Crippen LogP contribution in [0.2, 0.25) is 0 Å². The lowest BCUT2D eigenvalue weighted by Gasteiger charge is -2.38. The Bertz CT molecular complexity index is 1050. The van der Waals surface area contributed by atoms with Crippen molar-refractivity contribution in [3.63, 3.8) is 0 Å². The number of aromatic nitrogens is 2. The van der Waals surface area contributed by atoms with Gasteiger partial charge in [0.15, 0.2) is 5.75 Å². The topological polar surface area (TPSA) is 111 Å². The summed E-state index contributed by atoms with van der Waals surface area (Å²) >= 11 is 0. The van der Waals surface area contributed by atoms with Gasteiger partial charge >= 0.3 is 0 Å². The van der Waals surface area contributed by atoms with Crippen molar-refractivity contribution >= 4 is 17.8 Å². The van der Waals surface area contributed by atoms with E-state index in [0.29, 0.717) is 49.3 Å². The summed E-state index contributed by atoms with van der Waals surface area (Å²) < 4.78 is 25.7. The summed E-state index contributed by atoms with van der Waals surface area (Å²) in [6, 6.07) is 4.68. The van der Waals surface area contributed by atoms with Gasteiger partial charge in [-0.3, -0.25) is 9.59 Å². The molecule has 2 amide bonds. The molecular weight excluding hydrogens is 477 g/mol. The molecule has 0 spiro atoms. The van der Waals surface area contributed by atoms with E-state index in [1.807, 2.05) is 6.92 Å². The number of hydrogen-bond acceptors (Lipinski definition) is 7. The first-order chi connectivity index (χ1) is 17.9. The normalized spacial score (nSPS) is 16.4. The summed E-state index contributed by atoms with van der Waals surface area (Å²) in [7, 11) is 0. The van der Waals surface area contributed by atoms with E-state index >= 15 is 0 Å². The lowest BCUT2D eigenvalue weighted by atomic mass is 9.92. The second-order valence-corrected chi connectivity index (χ2v) is 9.84. The molecule has 0 radical (unpaired) electrons. The number of carbonyl (C=O) groups excluding carboxylic acids is 2. The molecule has 200 valence electrons. The van der Waals surface area contributed by atoms with Crippen molar-refractivity contribution in [3.8, 4) is 11.5 Å². The van der Waals surface area contributed by atoms with Crippen LogP contribution in [0.1, 0.15) is 44.6 Å². The van der Waals surface area contributed by atoms with Crippen molar-refractivity contribution < 1.29 is 23.5 Å². The summed E-state index contributed by atoms with van der Waals surface area (Å²) in [4.78, 5) is 36.0. The predicted octanol–water partition coefficient (Wildman–Crippen LogP) is 2.97. The molecule has 3 heterocycles. The number of amides is 2. The summed E-state index contributed by atoms with van der Waals surface area (Å²) in [6.07, 6.45) is 7.82. The number of carbonyl (C=O) groups is 2. The van der Waals surface area contributed by atoms with Crippen molar-refractivity contribution in [2.45, 2.75) is 45.4 Å². The van der Waals surface area contributed by atoms with Crippen molar-refractivity contribution in [2.24, 2.45) is 17.6 Å². The van der Waals surface area contributed by atoms with E-state index in [2.05, 4.69) is 14.9 Å². The van der Waals surface area contributed by atoms with Crippen LogP contribution in [0.15, 0.2) is 30.6 Å². The van der Waals surface area contributed by atoms with E-state index in [-0.39, 0.29) is 30.6 Å². The molecule has 2 aliphatic heterocycles. The molecule has 0 saturated carbocycles. The number of ether oxygens (including phenoxy) is 2. The van der Waals surface area contributed by atoms with Gasteiger partial charge < -0.3 is 25.0 Å². The summed E-state index contributed by atoms with van der Waals surface area (Å²) in [5, 5.41) is 0. The number of benzene rings is 1. The lowest BCUT2D eigenvalue weighted by molar-refractivity contribution is -0.138. The van der Waals surface area contributed by atoms with E-state index in [1.54, 1.807) is 29.4 Å². The molecule has 1 aromatic heterocycles. The Kier molecular flexibility index (Phi) is 9.14. The zero-order chi connectivity index (χ0) is 26.2. The Balaban J connectivity index is 1.12. The zero-order valence-electron chi connectivity index (χ0n) is 21.4. The van der Waals surface area contributed by atoms with Crippen LogP contribution in [0.4, 0.5) is 10.3 Å². The van der Waals surface area contributed by atoms with Crippen LogP contribution in [-0.2, 0) is 16.0 Å². The largest absolute Gasteiger partial charge is 0.493 e. The molecule has 0 bridgehead atoms. The van der Waals surface area contributed by atoms with Crippen molar-refractivity contribution in [1.82, 2.24) is 14.9 Å². The molecule has 0 unspecified atom stereocenters. The minimum Gasteiger partial charge on any atom is -0.493 e. The van der Waals surface area contributed by atoms with Gasteiger partial charge in [-0.1, -0.05) is 6.07 Å². The molecule has 2 aromatic rings. The SMILES string of the molecule is CCOc1cnc(N2CCC(CCCOc3ccc(CC(=O)N4CC(CC(N)=O)C4)c(F)c3)CC2)nc1. The monoisotopic (exact) mass is 513 g/mol. The van der Waals surface area contributed by atoms with Crippen LogP contribution in [0.3, 0.4) is 0 Å². The van der Waals surface area contributed by atoms with Gasteiger partial charge in [-0.05, 0) is 50.2 Å². The number of piperidine rings is 1. The molecule has 9 nitrogen and oxygen atoms in total. The van der Waals surface area contributed by atoms with Gasteiger partial charge in [-0.15, -0.1) is 0 Å². The molecule has 2 fully saturated rings. The predicted molar refractivity (Wildman–Crippen MR) is 137 cm³/mol. The summed E-state index contributed by atoms with van der Waals surface area (Å²) in [6.45, 7) is 5.90. The Morgan fingerprint density at radius 3 is 2.46 bits per heavy atom. The van der Waals surface area contributed by atoms with Gasteiger partial charge in [0.05, 0.1) is 32.0 Å². The highest BCUT2D eigenvalue weighted by molar-refractivity contribution is 5.80. The molecule has 2 N–H and O–H groups in total. The average Bonchev–Trinajstić information content (AvgIpc) is 2.86. The molecule has 1 aromatic carbocycles. The van der Waals surface area contributed by atoms with Crippen LogP contribution in [0.25, 0.3) is 0 Å². The third-order valence-electron chi connectivity index (χ3n) is 7.01. The van der Waals surface area contributed by atoms with Crippen molar-refractivity contribution in [2.75, 3.05) is 44.3 Å². The van der Waals surface area contributed by atoms with Gasteiger partial charge in [0, 0.05) is 44.6 Å². The Morgan fingerprint density at radius 2 is 1.81 bits per heavy atom. The summed E-state index contributed by atoms with van der Waals surface area (Å²) in [5.41, 5.74) is 5.53. The van der Waals surface area contributed by atoms with Crippen LogP contribution < -0.4 is 20.1 Å². The molecule has 2 aliphatic rings. The first kappa shape index (κ1) is 26.6. The number of rotatable bonds is 12. The van der Waals surface area contributed by atoms with E-state index in [1.165, 1.54) is 6.07 Å². The molecule has 0 atom stereocenters. The van der Waals surface area contributed by atoms with Crippen LogP contribution in [0, 0.1) is 17.7 Å². The van der Waals surface area contributed by atoms with Crippen molar-refractivity contribution in [3.05, 3.63) is 42.0 Å². The highest BCUT2D eigenvalue weighted by Gasteiger charge is 2.31. The standard InChI is InChI=1S/C27H36FN5O4/c1-2-36-23-15-30-27(31-16-23)32-9-7-19(8-10-32)4-3-11-37-22-6-5-21(24(28)14-22)13-26(35)33-17-20(18-33)12-25(29)34/h5-6,14-16,19-20H,2-4,7-13,17-18H2,1H3,(H2,29,34). The van der Waals surface area contributed by atoms with E-state index in [9.17, 15) is 14.0 Å². The second-order valence-electron chi connectivity index (χ2n) is 9.84. The maximum absolute atomic E-state index is 14.5. The van der Waals surface area contributed by atoms with Gasteiger partial charge in [0.2, 0.25) is 17.8 Å². The highest BCUT2D eigenvalue weighted by atomic mass is 19.1. The molecule has 10 heteroatoms. The van der Waals surface area contributed by atoms with Crippen LogP contribution >= 0.6 is 0 Å². The van der Waals surface area contributed by atoms with Crippen molar-refractivity contribution in [1.29, 1.82) is 0 Å². The molecule has 0 aliphatic carbocycles. The fraction of sp³-hybridized carbons (Fsp3) is 0.556. The van der Waals surface area contributed by atoms with Gasteiger partial charge in [0.25, 0.3) is 0 Å². The number of hydrogen-bond donors (Lipinski definition) is 1. The third kappa shape index (κ3) is 7.53. The number of nitrogens with two attached hydrogens (primary N) is 1. The fourth-order valence-corrected chi connectivity index (χ4v) is 4.92. The second kappa shape index (κ2) is 12.7. The smallest absolute Gasteiger partial charge is 0.227 e.